The van der Waals surface area contributed by atoms with Gasteiger partial charge in [0.25, 0.3) is 5.91 Å². The smallest absolute Gasteiger partial charge is 0.254 e. The van der Waals surface area contributed by atoms with Crippen LogP contribution in [-0.2, 0) is 16.0 Å². The van der Waals surface area contributed by atoms with E-state index in [0.29, 0.717) is 44.6 Å². The maximum absolute atomic E-state index is 12.6. The first-order valence-electron chi connectivity index (χ1n) is 7.21. The minimum atomic E-state index is -0.0837. The summed E-state index contributed by atoms with van der Waals surface area (Å²) in [6.07, 6.45) is 1.06. The number of nitrogens with zero attached hydrogens (tertiary/aromatic N) is 1. The van der Waals surface area contributed by atoms with E-state index in [1.165, 1.54) is 0 Å². The van der Waals surface area contributed by atoms with Crippen LogP contribution in [0.1, 0.15) is 22.3 Å². The predicted octanol–water partition coefficient (Wildman–Crippen LogP) is 0.371. The van der Waals surface area contributed by atoms with E-state index in [4.69, 9.17) is 10.5 Å². The molecule has 0 spiro atoms. The van der Waals surface area contributed by atoms with Crippen molar-refractivity contribution in [2.45, 2.75) is 18.9 Å². The molecule has 21 heavy (non-hydrogen) atoms. The topological polar surface area (TPSA) is 84.7 Å². The summed E-state index contributed by atoms with van der Waals surface area (Å²) in [4.78, 5) is 25.7. The molecule has 6 heteroatoms. The Bertz CT molecular complexity index is 573. The van der Waals surface area contributed by atoms with E-state index in [1.807, 2.05) is 6.07 Å². The number of rotatable bonds is 2. The summed E-state index contributed by atoms with van der Waals surface area (Å²) in [6, 6.07) is 5.45. The highest BCUT2D eigenvalue weighted by Crippen LogP contribution is 2.24. The standard InChI is InChI=1S/C15H19N3O3/c16-8-12-9-18(5-6-21-12)15(20)11-1-3-13-10(7-11)2-4-14(19)17-13/h1,3,7,12H,2,4-6,8-9,16H2,(H,17,19). The summed E-state index contributed by atoms with van der Waals surface area (Å²) in [5.41, 5.74) is 8.09. The Labute approximate surface area is 123 Å². The Hall–Kier alpha value is -1.92. The second-order valence-corrected chi connectivity index (χ2v) is 5.40. The maximum Gasteiger partial charge on any atom is 0.254 e. The maximum atomic E-state index is 12.6. The van der Waals surface area contributed by atoms with Crippen molar-refractivity contribution in [1.29, 1.82) is 0 Å². The van der Waals surface area contributed by atoms with E-state index >= 15 is 0 Å². The molecule has 0 radical (unpaired) electrons. The fourth-order valence-corrected chi connectivity index (χ4v) is 2.75. The second-order valence-electron chi connectivity index (χ2n) is 5.40. The van der Waals surface area contributed by atoms with E-state index in [1.54, 1.807) is 17.0 Å². The first-order chi connectivity index (χ1) is 10.2. The Morgan fingerprint density at radius 3 is 3.10 bits per heavy atom. The van der Waals surface area contributed by atoms with Crippen molar-refractivity contribution in [2.75, 3.05) is 31.6 Å². The summed E-state index contributed by atoms with van der Waals surface area (Å²) in [5, 5.41) is 2.82. The molecule has 2 aliphatic heterocycles. The first kappa shape index (κ1) is 14.0. The molecule has 2 heterocycles. The van der Waals surface area contributed by atoms with E-state index < -0.39 is 0 Å². The largest absolute Gasteiger partial charge is 0.373 e. The number of carbonyl (C=O) groups is 2. The lowest BCUT2D eigenvalue weighted by Gasteiger charge is -2.32. The molecule has 0 bridgehead atoms. The molecular formula is C15H19N3O3. The number of carbonyl (C=O) groups excluding carboxylic acids is 2. The molecular weight excluding hydrogens is 270 g/mol. The minimum Gasteiger partial charge on any atom is -0.373 e. The number of anilines is 1. The van der Waals surface area contributed by atoms with Crippen LogP contribution in [0.25, 0.3) is 0 Å². The van der Waals surface area contributed by atoms with E-state index in [2.05, 4.69) is 5.32 Å². The third-order valence-corrected chi connectivity index (χ3v) is 3.94. The average molecular weight is 289 g/mol. The fourth-order valence-electron chi connectivity index (χ4n) is 2.75. The number of hydrogen-bond donors (Lipinski definition) is 2. The highest BCUT2D eigenvalue weighted by Gasteiger charge is 2.25. The van der Waals surface area contributed by atoms with Gasteiger partial charge in [-0.2, -0.15) is 0 Å². The van der Waals surface area contributed by atoms with Gasteiger partial charge in [-0.3, -0.25) is 9.59 Å². The molecule has 0 aromatic heterocycles. The zero-order chi connectivity index (χ0) is 14.8. The summed E-state index contributed by atoms with van der Waals surface area (Å²) in [7, 11) is 0. The molecule has 1 saturated heterocycles. The molecule has 1 aromatic rings. The number of ether oxygens (including phenoxy) is 1. The van der Waals surface area contributed by atoms with Gasteiger partial charge in [0.15, 0.2) is 0 Å². The van der Waals surface area contributed by atoms with Crippen LogP contribution >= 0.6 is 0 Å². The molecule has 1 aromatic carbocycles. The van der Waals surface area contributed by atoms with Crippen molar-refractivity contribution in [3.63, 3.8) is 0 Å². The van der Waals surface area contributed by atoms with Gasteiger partial charge in [-0.1, -0.05) is 0 Å². The predicted molar refractivity (Wildman–Crippen MR) is 78.1 cm³/mol. The Kier molecular flexibility index (Phi) is 3.90. The van der Waals surface area contributed by atoms with Crippen LogP contribution in [-0.4, -0.2) is 49.1 Å². The number of nitrogens with two attached hydrogens (primary N) is 1. The van der Waals surface area contributed by atoms with Crippen LogP contribution in [0, 0.1) is 0 Å². The van der Waals surface area contributed by atoms with Crippen LogP contribution in [0.15, 0.2) is 18.2 Å². The quantitative estimate of drug-likeness (QED) is 0.824. The summed E-state index contributed by atoms with van der Waals surface area (Å²) >= 11 is 0. The fraction of sp³-hybridized carbons (Fsp3) is 0.467. The Morgan fingerprint density at radius 1 is 1.43 bits per heavy atom. The van der Waals surface area contributed by atoms with Crippen LogP contribution in [0.5, 0.6) is 0 Å². The van der Waals surface area contributed by atoms with Crippen molar-refractivity contribution in [3.05, 3.63) is 29.3 Å². The SMILES string of the molecule is NCC1CN(C(=O)c2ccc3c(c2)CCC(=O)N3)CCO1. The van der Waals surface area contributed by atoms with Crippen molar-refractivity contribution in [1.82, 2.24) is 4.90 Å². The number of morpholine rings is 1. The average Bonchev–Trinajstić information content (AvgIpc) is 2.53. The molecule has 1 unspecified atom stereocenters. The molecule has 1 fully saturated rings. The Morgan fingerprint density at radius 2 is 2.29 bits per heavy atom. The third-order valence-electron chi connectivity index (χ3n) is 3.94. The van der Waals surface area contributed by atoms with Gasteiger partial charge in [0.2, 0.25) is 5.91 Å². The zero-order valence-corrected chi connectivity index (χ0v) is 11.8. The first-order valence-corrected chi connectivity index (χ1v) is 7.21. The molecule has 2 amide bonds. The number of benzene rings is 1. The summed E-state index contributed by atoms with van der Waals surface area (Å²) < 4.78 is 5.48. The lowest BCUT2D eigenvalue weighted by Crippen LogP contribution is -2.48. The number of amides is 2. The minimum absolute atomic E-state index is 0.00329. The van der Waals surface area contributed by atoms with Gasteiger partial charge in [0.1, 0.15) is 0 Å². The van der Waals surface area contributed by atoms with Gasteiger partial charge in [0.05, 0.1) is 12.7 Å². The lowest BCUT2D eigenvalue weighted by atomic mass is 10.00. The second kappa shape index (κ2) is 5.83. The highest BCUT2D eigenvalue weighted by molar-refractivity contribution is 5.98. The van der Waals surface area contributed by atoms with Crippen molar-refractivity contribution in [3.8, 4) is 0 Å². The van der Waals surface area contributed by atoms with E-state index in [-0.39, 0.29) is 17.9 Å². The van der Waals surface area contributed by atoms with Gasteiger partial charge in [-0.05, 0) is 30.2 Å². The third kappa shape index (κ3) is 2.91. The van der Waals surface area contributed by atoms with Gasteiger partial charge < -0.3 is 20.7 Å². The molecule has 2 aliphatic rings. The lowest BCUT2D eigenvalue weighted by molar-refractivity contribution is -0.116. The zero-order valence-electron chi connectivity index (χ0n) is 11.8. The summed E-state index contributed by atoms with van der Waals surface area (Å²) in [6.45, 7) is 2.06. The number of aryl methyl sites for hydroxylation is 1. The number of fused-ring (bicyclic) bond motifs is 1. The number of nitrogens with one attached hydrogen (secondary N) is 1. The summed E-state index contributed by atoms with van der Waals surface area (Å²) in [5.74, 6) is 0.0250. The van der Waals surface area contributed by atoms with Gasteiger partial charge in [0, 0.05) is 37.3 Å². The monoisotopic (exact) mass is 289 g/mol. The Balaban J connectivity index is 1.77. The molecule has 112 valence electrons. The van der Waals surface area contributed by atoms with Gasteiger partial charge >= 0.3 is 0 Å². The van der Waals surface area contributed by atoms with Crippen LogP contribution in [0.4, 0.5) is 5.69 Å². The van der Waals surface area contributed by atoms with E-state index in [0.717, 1.165) is 11.3 Å². The highest BCUT2D eigenvalue weighted by atomic mass is 16.5. The normalized spacial score (nSPS) is 21.7. The van der Waals surface area contributed by atoms with Crippen LogP contribution < -0.4 is 11.1 Å². The van der Waals surface area contributed by atoms with Crippen LogP contribution in [0.3, 0.4) is 0 Å². The molecule has 3 rings (SSSR count). The van der Waals surface area contributed by atoms with E-state index in [9.17, 15) is 9.59 Å². The van der Waals surface area contributed by atoms with Crippen LogP contribution in [0.2, 0.25) is 0 Å². The molecule has 0 saturated carbocycles. The molecule has 3 N–H and O–H groups in total. The van der Waals surface area contributed by atoms with Gasteiger partial charge in [-0.15, -0.1) is 0 Å². The molecule has 6 nitrogen and oxygen atoms in total. The van der Waals surface area contributed by atoms with Crippen molar-refractivity contribution < 1.29 is 14.3 Å². The van der Waals surface area contributed by atoms with Crippen molar-refractivity contribution in [2.24, 2.45) is 5.73 Å². The number of hydrogen-bond acceptors (Lipinski definition) is 4. The molecule has 1 atom stereocenters. The van der Waals surface area contributed by atoms with Gasteiger partial charge in [-0.25, -0.2) is 0 Å². The van der Waals surface area contributed by atoms with Crippen molar-refractivity contribution >= 4 is 17.5 Å². The molecule has 0 aliphatic carbocycles.